The number of benzene rings is 2. The Balaban J connectivity index is 1.51. The highest BCUT2D eigenvalue weighted by Gasteiger charge is 2.30. The van der Waals surface area contributed by atoms with E-state index in [0.717, 1.165) is 22.3 Å². The number of anilines is 1. The van der Waals surface area contributed by atoms with Crippen LogP contribution in [0.15, 0.2) is 61.2 Å². The molecule has 1 aliphatic heterocycles. The van der Waals surface area contributed by atoms with Gasteiger partial charge in [-0.3, -0.25) is 9.59 Å². The number of hydrogen-bond acceptors (Lipinski definition) is 5. The lowest BCUT2D eigenvalue weighted by atomic mass is 9.94. The Morgan fingerprint density at radius 2 is 1.82 bits per heavy atom. The number of aromatic nitrogens is 2. The summed E-state index contributed by atoms with van der Waals surface area (Å²) in [5, 5.41) is 12.5. The number of carbonyl (C=O) groups is 2. The molecule has 7 nitrogen and oxygen atoms in total. The van der Waals surface area contributed by atoms with Crippen LogP contribution >= 0.6 is 0 Å². The molecule has 2 N–H and O–H groups in total. The Kier molecular flexibility index (Phi) is 8.29. The van der Waals surface area contributed by atoms with Crippen molar-refractivity contribution in [3.05, 3.63) is 77.9 Å². The van der Waals surface area contributed by atoms with Gasteiger partial charge in [-0.1, -0.05) is 18.2 Å². The molecule has 0 bridgehead atoms. The number of nitrogens with zero attached hydrogens (tertiary/aromatic N) is 3. The number of piperidine rings is 1. The molecule has 0 radical (unpaired) electrons. The normalized spacial score (nSPS) is 16.6. The third-order valence-electron chi connectivity index (χ3n) is 6.79. The van der Waals surface area contributed by atoms with Crippen molar-refractivity contribution in [1.29, 1.82) is 0 Å². The molecule has 0 aliphatic carbocycles. The molecule has 1 aromatic heterocycles. The number of rotatable bonds is 8. The second kappa shape index (κ2) is 11.6. The van der Waals surface area contributed by atoms with Gasteiger partial charge in [-0.25, -0.2) is 9.97 Å². The summed E-state index contributed by atoms with van der Waals surface area (Å²) in [6.45, 7) is 2.51. The minimum absolute atomic E-state index is 0.164. The van der Waals surface area contributed by atoms with Gasteiger partial charge in [0.05, 0.1) is 12.0 Å². The summed E-state index contributed by atoms with van der Waals surface area (Å²) in [5.41, 5.74) is 4.23. The number of aliphatic carboxylic acids is 1. The molecular formula is C28H29F3N4O3. The zero-order valence-corrected chi connectivity index (χ0v) is 20.9. The maximum atomic E-state index is 13.1. The summed E-state index contributed by atoms with van der Waals surface area (Å²) in [6, 6.07) is 11.5. The molecule has 2 heterocycles. The van der Waals surface area contributed by atoms with Crippen LogP contribution in [0.5, 0.6) is 0 Å². The maximum Gasteiger partial charge on any atom is 0.389 e. The summed E-state index contributed by atoms with van der Waals surface area (Å²) in [7, 11) is 0. The van der Waals surface area contributed by atoms with Crippen molar-refractivity contribution in [2.75, 3.05) is 18.4 Å². The molecule has 2 aromatic carbocycles. The predicted molar refractivity (Wildman–Crippen MR) is 137 cm³/mol. The molecule has 10 heteroatoms. The Hall–Kier alpha value is -3.95. The van der Waals surface area contributed by atoms with E-state index in [1.807, 2.05) is 25.1 Å². The molecule has 1 fully saturated rings. The van der Waals surface area contributed by atoms with Gasteiger partial charge in [0.2, 0.25) is 0 Å². The first-order valence-corrected chi connectivity index (χ1v) is 12.4. The van der Waals surface area contributed by atoms with Crippen LogP contribution in [0.25, 0.3) is 11.1 Å². The summed E-state index contributed by atoms with van der Waals surface area (Å²) in [5.74, 6) is -1.74. The van der Waals surface area contributed by atoms with Gasteiger partial charge >= 0.3 is 12.1 Å². The monoisotopic (exact) mass is 526 g/mol. The van der Waals surface area contributed by atoms with Crippen molar-refractivity contribution < 1.29 is 27.9 Å². The average Bonchev–Trinajstić information content (AvgIpc) is 2.91. The minimum Gasteiger partial charge on any atom is -0.481 e. The highest BCUT2D eigenvalue weighted by atomic mass is 19.4. The second-order valence-corrected chi connectivity index (χ2v) is 9.56. The number of hydrogen-bond donors (Lipinski definition) is 2. The highest BCUT2D eigenvalue weighted by Crippen LogP contribution is 2.33. The number of carboxylic acid groups (broad SMARTS) is 1. The highest BCUT2D eigenvalue weighted by molar-refractivity contribution is 5.95. The van der Waals surface area contributed by atoms with Crippen LogP contribution in [0.1, 0.15) is 53.2 Å². The maximum absolute atomic E-state index is 13.1. The number of carboxylic acids is 1. The smallest absolute Gasteiger partial charge is 0.389 e. The molecule has 200 valence electrons. The molecule has 1 amide bonds. The number of amides is 1. The van der Waals surface area contributed by atoms with Crippen LogP contribution in [0, 0.1) is 12.8 Å². The summed E-state index contributed by atoms with van der Waals surface area (Å²) in [6.07, 6.45) is 0.537. The predicted octanol–water partition coefficient (Wildman–Crippen LogP) is 5.88. The van der Waals surface area contributed by atoms with E-state index >= 15 is 0 Å². The molecule has 0 saturated carbocycles. The van der Waals surface area contributed by atoms with E-state index in [4.69, 9.17) is 0 Å². The van der Waals surface area contributed by atoms with Crippen molar-refractivity contribution in [2.45, 2.75) is 44.8 Å². The summed E-state index contributed by atoms with van der Waals surface area (Å²) >= 11 is 0. The van der Waals surface area contributed by atoms with Crippen molar-refractivity contribution >= 4 is 17.6 Å². The van der Waals surface area contributed by atoms with Gasteiger partial charge in [-0.15, -0.1) is 0 Å². The van der Waals surface area contributed by atoms with E-state index < -0.39 is 30.5 Å². The fourth-order valence-electron chi connectivity index (χ4n) is 4.76. The fraction of sp³-hybridized carbons (Fsp3) is 0.357. The van der Waals surface area contributed by atoms with E-state index in [9.17, 15) is 27.9 Å². The number of likely N-dealkylation sites (tertiary alicyclic amines) is 1. The lowest BCUT2D eigenvalue weighted by molar-refractivity contribution is -0.143. The van der Waals surface area contributed by atoms with Crippen LogP contribution in [0.4, 0.5) is 18.9 Å². The molecule has 1 aliphatic rings. The number of nitrogens with one attached hydrogen (secondary N) is 1. The van der Waals surface area contributed by atoms with E-state index in [0.29, 0.717) is 30.6 Å². The number of alkyl halides is 3. The van der Waals surface area contributed by atoms with Crippen LogP contribution < -0.4 is 5.32 Å². The fourth-order valence-corrected chi connectivity index (χ4v) is 4.76. The zero-order chi connectivity index (χ0) is 27.3. The molecule has 2 atom stereocenters. The standard InChI is InChI=1S/C28H29F3N4O3/c1-18-13-20(22-14-32-17-33-15-22)6-9-24(18)25(10-11-28(29,30)31)34-23-7-4-19(5-8-23)26(36)35-12-2-3-21(16-35)27(37)38/h4-9,13-15,17,21,25,34H,2-3,10-12,16H2,1H3,(H,37,38)/t21-,25?/m1/s1. The van der Waals surface area contributed by atoms with Gasteiger partial charge < -0.3 is 15.3 Å². The first-order chi connectivity index (χ1) is 18.1. The summed E-state index contributed by atoms with van der Waals surface area (Å²) in [4.78, 5) is 33.8. The van der Waals surface area contributed by atoms with Crippen LogP contribution in [0.3, 0.4) is 0 Å². The Morgan fingerprint density at radius 3 is 2.45 bits per heavy atom. The van der Waals surface area contributed by atoms with Gasteiger partial charge in [-0.05, 0) is 67.1 Å². The third kappa shape index (κ3) is 6.87. The minimum atomic E-state index is -4.30. The quantitative estimate of drug-likeness (QED) is 0.380. The summed E-state index contributed by atoms with van der Waals surface area (Å²) < 4.78 is 39.4. The average molecular weight is 527 g/mol. The second-order valence-electron chi connectivity index (χ2n) is 9.56. The topological polar surface area (TPSA) is 95.4 Å². The number of halogens is 3. The zero-order valence-electron chi connectivity index (χ0n) is 20.9. The SMILES string of the molecule is Cc1cc(-c2cncnc2)ccc1C(CCC(F)(F)F)Nc1ccc(C(=O)N2CCC[C@@H](C(=O)O)C2)cc1. The Morgan fingerprint density at radius 1 is 1.11 bits per heavy atom. The Labute approximate surface area is 218 Å². The van der Waals surface area contributed by atoms with Gasteiger partial charge in [-0.2, -0.15) is 13.2 Å². The van der Waals surface area contributed by atoms with Gasteiger partial charge in [0, 0.05) is 48.7 Å². The molecule has 38 heavy (non-hydrogen) atoms. The molecular weight excluding hydrogens is 497 g/mol. The number of carbonyl (C=O) groups excluding carboxylic acids is 1. The van der Waals surface area contributed by atoms with E-state index in [2.05, 4.69) is 15.3 Å². The van der Waals surface area contributed by atoms with Gasteiger partial charge in [0.1, 0.15) is 6.33 Å². The molecule has 1 saturated heterocycles. The Bertz CT molecular complexity index is 1270. The van der Waals surface area contributed by atoms with Crippen LogP contribution in [-0.2, 0) is 4.79 Å². The molecule has 4 rings (SSSR count). The third-order valence-corrected chi connectivity index (χ3v) is 6.79. The largest absolute Gasteiger partial charge is 0.481 e. The van der Waals surface area contributed by atoms with E-state index in [-0.39, 0.29) is 18.9 Å². The van der Waals surface area contributed by atoms with E-state index in [1.54, 1.807) is 41.6 Å². The first-order valence-electron chi connectivity index (χ1n) is 12.4. The van der Waals surface area contributed by atoms with Crippen LogP contribution in [-0.4, -0.2) is 51.1 Å². The van der Waals surface area contributed by atoms with Crippen LogP contribution in [0.2, 0.25) is 0 Å². The van der Waals surface area contributed by atoms with E-state index in [1.165, 1.54) is 6.33 Å². The van der Waals surface area contributed by atoms with Gasteiger partial charge in [0.15, 0.2) is 0 Å². The molecule has 1 unspecified atom stereocenters. The molecule has 0 spiro atoms. The lowest BCUT2D eigenvalue weighted by Crippen LogP contribution is -2.42. The first kappa shape index (κ1) is 27.1. The van der Waals surface area contributed by atoms with Crippen molar-refractivity contribution in [1.82, 2.24) is 14.9 Å². The van der Waals surface area contributed by atoms with Gasteiger partial charge in [0.25, 0.3) is 5.91 Å². The number of aryl methyl sites for hydroxylation is 1. The lowest BCUT2D eigenvalue weighted by Gasteiger charge is -2.30. The molecule has 3 aromatic rings. The van der Waals surface area contributed by atoms with Crippen molar-refractivity contribution in [2.24, 2.45) is 5.92 Å². The van der Waals surface area contributed by atoms with Crippen molar-refractivity contribution in [3.63, 3.8) is 0 Å². The van der Waals surface area contributed by atoms with Crippen molar-refractivity contribution in [3.8, 4) is 11.1 Å².